The molecular weight excluding hydrogens is 503 g/mol. The fraction of sp³-hybridized carbons (Fsp3) is 0.296. The molecule has 0 fully saturated rings. The Morgan fingerprint density at radius 3 is 2.63 bits per heavy atom. The van der Waals surface area contributed by atoms with Crippen molar-refractivity contribution in [1.29, 1.82) is 5.26 Å². The van der Waals surface area contributed by atoms with E-state index in [1.807, 2.05) is 6.07 Å². The molecule has 198 valence electrons. The van der Waals surface area contributed by atoms with Gasteiger partial charge in [0.2, 0.25) is 0 Å². The Balaban J connectivity index is 1.61. The summed E-state index contributed by atoms with van der Waals surface area (Å²) in [5, 5.41) is 20.3. The van der Waals surface area contributed by atoms with Crippen LogP contribution in [0.3, 0.4) is 0 Å². The third-order valence-electron chi connectivity index (χ3n) is 5.97. The summed E-state index contributed by atoms with van der Waals surface area (Å²) in [5.74, 6) is -1.91. The number of hydrogen-bond acceptors (Lipinski definition) is 7. The van der Waals surface area contributed by atoms with Gasteiger partial charge in [-0.05, 0) is 36.4 Å². The number of aliphatic hydroxyl groups is 1. The molecule has 0 bridgehead atoms. The highest BCUT2D eigenvalue weighted by Gasteiger charge is 2.43. The first-order valence-corrected chi connectivity index (χ1v) is 11.7. The third-order valence-corrected chi connectivity index (χ3v) is 5.97. The van der Waals surface area contributed by atoms with Gasteiger partial charge in [0.15, 0.2) is 11.5 Å². The van der Waals surface area contributed by atoms with E-state index in [-0.39, 0.29) is 41.7 Å². The van der Waals surface area contributed by atoms with Crippen LogP contribution in [0.4, 0.5) is 13.2 Å². The van der Waals surface area contributed by atoms with Crippen LogP contribution < -0.4 is 19.5 Å². The lowest BCUT2D eigenvalue weighted by molar-refractivity contribution is -0.149. The number of rotatable bonds is 9. The molecule has 1 aliphatic rings. The average molecular weight is 527 g/mol. The molecule has 0 saturated heterocycles. The van der Waals surface area contributed by atoms with Gasteiger partial charge in [-0.25, -0.2) is 4.98 Å². The molecule has 38 heavy (non-hydrogen) atoms. The summed E-state index contributed by atoms with van der Waals surface area (Å²) >= 11 is 0. The Hall–Kier alpha value is -4.30. The Kier molecular flexibility index (Phi) is 8.02. The van der Waals surface area contributed by atoms with Crippen LogP contribution in [0.2, 0.25) is 0 Å². The van der Waals surface area contributed by atoms with Gasteiger partial charge < -0.3 is 24.6 Å². The number of carbonyl (C=O) groups is 1. The van der Waals surface area contributed by atoms with Crippen LogP contribution in [-0.2, 0) is 6.42 Å². The van der Waals surface area contributed by atoms with Gasteiger partial charge in [0.05, 0.1) is 37.7 Å². The number of halogens is 3. The molecule has 1 amide bonds. The van der Waals surface area contributed by atoms with Gasteiger partial charge >= 0.3 is 6.18 Å². The van der Waals surface area contributed by atoms with Crippen molar-refractivity contribution >= 4 is 5.91 Å². The highest BCUT2D eigenvalue weighted by molar-refractivity contribution is 5.95. The predicted molar refractivity (Wildman–Crippen MR) is 130 cm³/mol. The summed E-state index contributed by atoms with van der Waals surface area (Å²) in [5.41, 5.74) is 1.60. The zero-order valence-electron chi connectivity index (χ0n) is 20.3. The Morgan fingerprint density at radius 2 is 1.97 bits per heavy atom. The number of ether oxygens (including phenoxy) is 3. The monoisotopic (exact) mass is 527 g/mol. The van der Waals surface area contributed by atoms with Crippen LogP contribution in [0.1, 0.15) is 33.1 Å². The van der Waals surface area contributed by atoms with Crippen molar-refractivity contribution in [2.75, 3.05) is 33.5 Å². The number of nitrogens with zero attached hydrogens (tertiary/aromatic N) is 2. The fourth-order valence-corrected chi connectivity index (χ4v) is 4.06. The Morgan fingerprint density at radius 1 is 1.21 bits per heavy atom. The minimum absolute atomic E-state index is 0.0123. The molecule has 0 saturated carbocycles. The maximum absolute atomic E-state index is 14.2. The first kappa shape index (κ1) is 26.8. The van der Waals surface area contributed by atoms with Gasteiger partial charge in [-0.15, -0.1) is 0 Å². The van der Waals surface area contributed by atoms with E-state index < -0.39 is 24.5 Å². The molecule has 0 spiro atoms. The van der Waals surface area contributed by atoms with E-state index in [9.17, 15) is 18.0 Å². The van der Waals surface area contributed by atoms with Crippen LogP contribution in [0, 0.1) is 11.3 Å². The van der Waals surface area contributed by atoms with E-state index >= 15 is 0 Å². The number of benzene rings is 2. The quantitative estimate of drug-likeness (QED) is 0.432. The first-order valence-electron chi connectivity index (χ1n) is 11.7. The van der Waals surface area contributed by atoms with Gasteiger partial charge in [0, 0.05) is 29.7 Å². The lowest BCUT2D eigenvalue weighted by atomic mass is 9.98. The van der Waals surface area contributed by atoms with Crippen LogP contribution in [0.5, 0.6) is 17.2 Å². The van der Waals surface area contributed by atoms with Crippen LogP contribution in [-0.4, -0.2) is 55.6 Å². The van der Waals surface area contributed by atoms with Crippen molar-refractivity contribution in [1.82, 2.24) is 10.3 Å². The van der Waals surface area contributed by atoms with Crippen molar-refractivity contribution in [2.24, 2.45) is 0 Å². The molecule has 4 rings (SSSR count). The number of alkyl halides is 3. The highest BCUT2D eigenvalue weighted by atomic mass is 19.4. The minimum Gasteiger partial charge on any atom is -0.493 e. The standard InChI is InChI=1S/C27H24F3N3O5/c1-36-23-13-19(6-7-22(23)37-11-9-34)26(35)32-15-20(27(28,29)30)21-12-18-8-10-38-25(18)24(33-21)17-4-2-16(14-31)3-5-17/h2-7,12-13,20,34H,8-11,15H2,1H3,(H,32,35). The number of nitrogens with one attached hydrogen (secondary N) is 1. The molecule has 1 aromatic heterocycles. The minimum atomic E-state index is -4.70. The lowest BCUT2D eigenvalue weighted by Crippen LogP contribution is -2.35. The van der Waals surface area contributed by atoms with Crippen molar-refractivity contribution in [3.8, 4) is 34.6 Å². The summed E-state index contributed by atoms with van der Waals surface area (Å²) in [6.07, 6.45) is -4.27. The second-order valence-corrected chi connectivity index (χ2v) is 8.41. The van der Waals surface area contributed by atoms with Gasteiger partial charge in [-0.1, -0.05) is 12.1 Å². The van der Waals surface area contributed by atoms with Crippen molar-refractivity contribution in [3.05, 3.63) is 70.9 Å². The molecule has 1 unspecified atom stereocenters. The molecule has 0 radical (unpaired) electrons. The molecule has 3 aromatic rings. The van der Waals surface area contributed by atoms with E-state index in [1.165, 1.54) is 31.4 Å². The number of hydrogen-bond donors (Lipinski definition) is 2. The SMILES string of the molecule is COc1cc(C(=O)NCC(c2cc3c(c(-c4ccc(C#N)cc4)n2)OCC3)C(F)(F)F)ccc1OCCO. The van der Waals surface area contributed by atoms with Gasteiger partial charge in [0.25, 0.3) is 5.91 Å². The summed E-state index contributed by atoms with van der Waals surface area (Å²) in [6, 6.07) is 13.9. The topological polar surface area (TPSA) is 114 Å². The number of carbonyl (C=O) groups excluding carboxylic acids is 1. The molecule has 1 atom stereocenters. The van der Waals surface area contributed by atoms with Gasteiger partial charge in [0.1, 0.15) is 24.0 Å². The summed E-state index contributed by atoms with van der Waals surface area (Å²) < 4.78 is 58.8. The molecule has 2 N–H and O–H groups in total. The smallest absolute Gasteiger partial charge is 0.398 e. The zero-order chi connectivity index (χ0) is 27.3. The number of pyridine rings is 1. The average Bonchev–Trinajstić information content (AvgIpc) is 3.39. The maximum Gasteiger partial charge on any atom is 0.398 e. The van der Waals surface area contributed by atoms with Crippen LogP contribution >= 0.6 is 0 Å². The number of amides is 1. The van der Waals surface area contributed by atoms with Crippen molar-refractivity contribution in [3.63, 3.8) is 0 Å². The lowest BCUT2D eigenvalue weighted by Gasteiger charge is -2.22. The normalized spacial score (nSPS) is 13.2. The molecule has 0 aliphatic carbocycles. The Labute approximate surface area is 216 Å². The van der Waals surface area contributed by atoms with E-state index in [0.717, 1.165) is 0 Å². The number of nitriles is 1. The molecular formula is C27H24F3N3O5. The number of aliphatic hydroxyl groups excluding tert-OH is 1. The summed E-state index contributed by atoms with van der Waals surface area (Å²) in [7, 11) is 1.36. The molecule has 8 nitrogen and oxygen atoms in total. The maximum atomic E-state index is 14.2. The third kappa shape index (κ3) is 5.81. The largest absolute Gasteiger partial charge is 0.493 e. The number of methoxy groups -OCH3 is 1. The van der Waals surface area contributed by atoms with Crippen molar-refractivity contribution < 1.29 is 37.3 Å². The Bertz CT molecular complexity index is 1350. The van der Waals surface area contributed by atoms with E-state index in [4.69, 9.17) is 24.6 Å². The van der Waals surface area contributed by atoms with Gasteiger partial charge in [-0.2, -0.15) is 18.4 Å². The van der Waals surface area contributed by atoms with Crippen LogP contribution in [0.15, 0.2) is 48.5 Å². The molecule has 11 heteroatoms. The van der Waals surface area contributed by atoms with E-state index in [2.05, 4.69) is 10.3 Å². The molecule has 2 heterocycles. The second-order valence-electron chi connectivity index (χ2n) is 8.41. The van der Waals surface area contributed by atoms with E-state index in [0.29, 0.717) is 35.5 Å². The zero-order valence-corrected chi connectivity index (χ0v) is 20.3. The highest BCUT2D eigenvalue weighted by Crippen LogP contribution is 2.41. The number of aromatic nitrogens is 1. The molecule has 1 aliphatic heterocycles. The predicted octanol–water partition coefficient (Wildman–Crippen LogP) is 4.01. The van der Waals surface area contributed by atoms with E-state index in [1.54, 1.807) is 24.3 Å². The van der Waals surface area contributed by atoms with Crippen LogP contribution in [0.25, 0.3) is 11.3 Å². The fourth-order valence-electron chi connectivity index (χ4n) is 4.06. The first-order chi connectivity index (χ1) is 18.2. The second kappa shape index (κ2) is 11.4. The molecule has 2 aromatic carbocycles. The van der Waals surface area contributed by atoms with Crippen molar-refractivity contribution in [2.45, 2.75) is 18.5 Å². The summed E-state index contributed by atoms with van der Waals surface area (Å²) in [4.78, 5) is 17.1. The van der Waals surface area contributed by atoms with Gasteiger partial charge in [-0.3, -0.25) is 4.79 Å². The number of fused-ring (bicyclic) bond motifs is 1. The summed E-state index contributed by atoms with van der Waals surface area (Å²) in [6.45, 7) is -0.637.